The second-order valence-corrected chi connectivity index (χ2v) is 5.08. The summed E-state index contributed by atoms with van der Waals surface area (Å²) in [5.74, 6) is -0.0902. The summed E-state index contributed by atoms with van der Waals surface area (Å²) in [7, 11) is 2.81. The summed E-state index contributed by atoms with van der Waals surface area (Å²) in [6.07, 6.45) is 0. The maximum absolute atomic E-state index is 11.5. The van der Waals surface area contributed by atoms with E-state index in [-0.39, 0.29) is 0 Å². The van der Waals surface area contributed by atoms with Crippen molar-refractivity contribution in [3.8, 4) is 5.88 Å². The van der Waals surface area contributed by atoms with E-state index in [2.05, 4.69) is 30.6 Å². The second kappa shape index (κ2) is 4.34. The first-order valence-corrected chi connectivity index (χ1v) is 5.86. The van der Waals surface area contributed by atoms with Gasteiger partial charge in [0.2, 0.25) is 5.88 Å². The van der Waals surface area contributed by atoms with Gasteiger partial charge in [-0.15, -0.1) is 0 Å². The molecule has 5 nitrogen and oxygen atoms in total. The minimum Gasteiger partial charge on any atom is -0.481 e. The Balaban J connectivity index is 2.72. The Morgan fingerprint density at radius 2 is 2.19 bits per heavy atom. The van der Waals surface area contributed by atoms with Crippen molar-refractivity contribution in [2.45, 2.75) is 0 Å². The number of rotatable bonds is 2. The van der Waals surface area contributed by atoms with Crippen molar-refractivity contribution in [2.75, 3.05) is 14.2 Å². The highest BCUT2D eigenvalue weighted by atomic mass is 79.9. The monoisotopic (exact) mass is 302 g/mol. The third-order valence-electron chi connectivity index (χ3n) is 1.93. The minimum absolute atomic E-state index is 0.353. The van der Waals surface area contributed by atoms with Gasteiger partial charge in [-0.1, -0.05) is 11.3 Å². The van der Waals surface area contributed by atoms with Crippen molar-refractivity contribution in [3.63, 3.8) is 0 Å². The van der Waals surface area contributed by atoms with E-state index < -0.39 is 5.97 Å². The Morgan fingerprint density at radius 3 is 2.81 bits per heavy atom. The number of hydrogen-bond donors (Lipinski definition) is 0. The van der Waals surface area contributed by atoms with Crippen LogP contribution < -0.4 is 4.74 Å². The fraction of sp³-hybridized carbons (Fsp3) is 0.222. The molecule has 0 unspecified atom stereocenters. The van der Waals surface area contributed by atoms with Gasteiger partial charge < -0.3 is 9.47 Å². The Hall–Kier alpha value is -1.21. The molecule has 0 aliphatic heterocycles. The minimum atomic E-state index is -0.455. The van der Waals surface area contributed by atoms with Crippen LogP contribution in [0.15, 0.2) is 9.98 Å². The molecule has 0 aliphatic carbocycles. The number of carbonyl (C=O) groups is 1. The van der Waals surface area contributed by atoms with Gasteiger partial charge in [0.05, 0.1) is 19.8 Å². The lowest BCUT2D eigenvalue weighted by Gasteiger charge is -2.02. The molecule has 0 bridgehead atoms. The zero-order valence-electron chi connectivity index (χ0n) is 8.48. The maximum atomic E-state index is 11.5. The summed E-state index contributed by atoms with van der Waals surface area (Å²) in [5.41, 5.74) is 0.871. The van der Waals surface area contributed by atoms with Crippen LogP contribution >= 0.6 is 27.3 Å². The standard InChI is InChI=1S/C9H7BrN2O3S/c1-14-5-3-4(8(13)15-2)6-7(11-5)16-9(10)12-6/h3H,1-2H3. The Morgan fingerprint density at radius 1 is 1.44 bits per heavy atom. The number of nitrogens with zero attached hydrogens (tertiary/aromatic N) is 2. The van der Waals surface area contributed by atoms with Crippen LogP contribution in [0.2, 0.25) is 0 Å². The highest BCUT2D eigenvalue weighted by molar-refractivity contribution is 9.11. The van der Waals surface area contributed by atoms with Crippen LogP contribution in [0.3, 0.4) is 0 Å². The summed E-state index contributed by atoms with van der Waals surface area (Å²) in [4.78, 5) is 20.5. The summed E-state index contributed by atoms with van der Waals surface area (Å²) < 4.78 is 10.4. The molecular weight excluding hydrogens is 296 g/mol. The third-order valence-corrected chi connectivity index (χ3v) is 3.33. The highest BCUT2D eigenvalue weighted by Crippen LogP contribution is 2.29. The second-order valence-electron chi connectivity index (χ2n) is 2.82. The van der Waals surface area contributed by atoms with Gasteiger partial charge in [-0.2, -0.15) is 0 Å². The molecule has 16 heavy (non-hydrogen) atoms. The zero-order valence-corrected chi connectivity index (χ0v) is 10.9. The molecule has 2 rings (SSSR count). The number of ether oxygens (including phenoxy) is 2. The lowest BCUT2D eigenvalue weighted by Crippen LogP contribution is -2.03. The lowest BCUT2D eigenvalue weighted by molar-refractivity contribution is 0.0602. The van der Waals surface area contributed by atoms with Crippen molar-refractivity contribution in [3.05, 3.63) is 15.5 Å². The number of aromatic nitrogens is 2. The first-order chi connectivity index (χ1) is 7.65. The fourth-order valence-electron chi connectivity index (χ4n) is 1.23. The zero-order chi connectivity index (χ0) is 11.7. The average molecular weight is 303 g/mol. The van der Waals surface area contributed by atoms with Gasteiger partial charge in [-0.25, -0.2) is 14.8 Å². The molecule has 0 atom stereocenters. The van der Waals surface area contributed by atoms with E-state index in [0.717, 1.165) is 0 Å². The Bertz CT molecular complexity index is 555. The lowest BCUT2D eigenvalue weighted by atomic mass is 10.2. The summed E-state index contributed by atoms with van der Waals surface area (Å²) in [5, 5.41) is 0. The first kappa shape index (κ1) is 11.3. The molecule has 2 aromatic heterocycles. The number of halogens is 1. The quantitative estimate of drug-likeness (QED) is 0.796. The predicted molar refractivity (Wildman–Crippen MR) is 63.0 cm³/mol. The van der Waals surface area contributed by atoms with E-state index in [0.29, 0.717) is 25.7 Å². The number of esters is 1. The van der Waals surface area contributed by atoms with E-state index >= 15 is 0 Å². The Kier molecular flexibility index (Phi) is 3.06. The van der Waals surface area contributed by atoms with Crippen molar-refractivity contribution in [2.24, 2.45) is 0 Å². The van der Waals surface area contributed by atoms with Crippen LogP contribution in [0.4, 0.5) is 0 Å². The van der Waals surface area contributed by atoms with Gasteiger partial charge in [0.1, 0.15) is 10.3 Å². The molecule has 0 aromatic carbocycles. The van der Waals surface area contributed by atoms with Gasteiger partial charge >= 0.3 is 5.97 Å². The number of hydrogen-bond acceptors (Lipinski definition) is 6. The van der Waals surface area contributed by atoms with Crippen LogP contribution in [0.1, 0.15) is 10.4 Å². The van der Waals surface area contributed by atoms with Crippen LogP contribution in [-0.2, 0) is 4.74 Å². The molecule has 0 fully saturated rings. The van der Waals surface area contributed by atoms with Gasteiger partial charge in [-0.3, -0.25) is 0 Å². The van der Waals surface area contributed by atoms with Crippen LogP contribution in [0.5, 0.6) is 5.88 Å². The van der Waals surface area contributed by atoms with Gasteiger partial charge in [0.15, 0.2) is 3.92 Å². The number of methoxy groups -OCH3 is 2. The number of carbonyl (C=O) groups excluding carboxylic acids is 1. The molecule has 0 aliphatic rings. The van der Waals surface area contributed by atoms with Crippen LogP contribution in [-0.4, -0.2) is 30.2 Å². The topological polar surface area (TPSA) is 61.3 Å². The van der Waals surface area contributed by atoms with E-state index in [4.69, 9.17) is 4.74 Å². The maximum Gasteiger partial charge on any atom is 0.340 e. The average Bonchev–Trinajstić information content (AvgIpc) is 2.66. The first-order valence-electron chi connectivity index (χ1n) is 4.25. The molecule has 0 spiro atoms. The Labute approximate surface area is 104 Å². The largest absolute Gasteiger partial charge is 0.481 e. The van der Waals surface area contributed by atoms with Gasteiger partial charge in [0, 0.05) is 6.07 Å². The SMILES string of the molecule is COC(=O)c1cc(OC)nc2sc(Br)nc12. The van der Waals surface area contributed by atoms with Crippen molar-refractivity contribution in [1.29, 1.82) is 0 Å². The van der Waals surface area contributed by atoms with Crippen molar-refractivity contribution >= 4 is 43.6 Å². The van der Waals surface area contributed by atoms with Crippen molar-refractivity contribution < 1.29 is 14.3 Å². The van der Waals surface area contributed by atoms with E-state index in [9.17, 15) is 4.79 Å². The molecule has 0 saturated heterocycles. The molecule has 2 heterocycles. The van der Waals surface area contributed by atoms with E-state index in [1.54, 1.807) is 0 Å². The van der Waals surface area contributed by atoms with Crippen LogP contribution in [0.25, 0.3) is 10.3 Å². The van der Waals surface area contributed by atoms with Gasteiger partial charge in [-0.05, 0) is 15.9 Å². The summed E-state index contributed by atoms with van der Waals surface area (Å²) >= 11 is 4.58. The normalized spacial score (nSPS) is 10.4. The molecule has 0 amide bonds. The third kappa shape index (κ3) is 1.88. The summed E-state index contributed by atoms with van der Waals surface area (Å²) in [6, 6.07) is 1.51. The van der Waals surface area contributed by atoms with E-state index in [1.165, 1.54) is 31.6 Å². The molecule has 0 radical (unpaired) electrons. The molecule has 0 N–H and O–H groups in total. The predicted octanol–water partition coefficient (Wildman–Crippen LogP) is 2.25. The molecule has 2 aromatic rings. The number of pyridine rings is 1. The fourth-order valence-corrected chi connectivity index (χ4v) is 2.55. The molecular formula is C9H7BrN2O3S. The van der Waals surface area contributed by atoms with Crippen molar-refractivity contribution in [1.82, 2.24) is 9.97 Å². The van der Waals surface area contributed by atoms with Gasteiger partial charge in [0.25, 0.3) is 0 Å². The smallest absolute Gasteiger partial charge is 0.340 e. The summed E-state index contributed by atoms with van der Waals surface area (Å²) in [6.45, 7) is 0. The number of thiazole rings is 1. The van der Waals surface area contributed by atoms with E-state index in [1.807, 2.05) is 0 Å². The van der Waals surface area contributed by atoms with Crippen LogP contribution in [0, 0.1) is 0 Å². The molecule has 84 valence electrons. The highest BCUT2D eigenvalue weighted by Gasteiger charge is 2.17. The molecule has 7 heteroatoms. The number of fused-ring (bicyclic) bond motifs is 1. The molecule has 0 saturated carbocycles.